The van der Waals surface area contributed by atoms with Crippen LogP contribution in [0.3, 0.4) is 0 Å². The lowest BCUT2D eigenvalue weighted by Gasteiger charge is -2.09. The third-order valence-corrected chi connectivity index (χ3v) is 4.19. The highest BCUT2D eigenvalue weighted by Crippen LogP contribution is 2.22. The van der Waals surface area contributed by atoms with Crippen LogP contribution in [0.4, 0.5) is 0 Å². The van der Waals surface area contributed by atoms with Crippen LogP contribution in [-0.4, -0.2) is 43.7 Å². The smallest absolute Gasteiger partial charge is 0.214 e. The van der Waals surface area contributed by atoms with Crippen molar-refractivity contribution >= 4 is 11.8 Å². The Morgan fingerprint density at radius 3 is 2.95 bits per heavy atom. The number of nitrogens with one attached hydrogen (secondary N) is 1. The Hall–Kier alpha value is -1.60. The quantitative estimate of drug-likeness (QED) is 0.818. The molecule has 0 spiro atoms. The summed E-state index contributed by atoms with van der Waals surface area (Å²) >= 11 is 1.65. The summed E-state index contributed by atoms with van der Waals surface area (Å²) in [5.74, 6) is 1.21. The minimum Gasteiger partial charge on any atom is -0.508 e. The van der Waals surface area contributed by atoms with Crippen molar-refractivity contribution in [3.63, 3.8) is 0 Å². The Bertz CT molecular complexity index is 535. The van der Waals surface area contributed by atoms with E-state index in [2.05, 4.69) is 20.8 Å². The molecule has 1 unspecified atom stereocenters. The summed E-state index contributed by atoms with van der Waals surface area (Å²) in [7, 11) is 0. The molecule has 100 valence electrons. The topological polar surface area (TPSA) is 75.9 Å². The number of tetrazole rings is 1. The molecule has 2 heterocycles. The van der Waals surface area contributed by atoms with Gasteiger partial charge in [0, 0.05) is 11.8 Å². The second kappa shape index (κ2) is 5.58. The first kappa shape index (κ1) is 12.4. The second-order valence-corrected chi connectivity index (χ2v) is 5.48. The van der Waals surface area contributed by atoms with Gasteiger partial charge in [-0.2, -0.15) is 4.68 Å². The molecular weight excluding hydrogens is 262 g/mol. The number of hydrogen-bond donors (Lipinski definition) is 2. The van der Waals surface area contributed by atoms with E-state index in [0.29, 0.717) is 6.04 Å². The van der Waals surface area contributed by atoms with Gasteiger partial charge in [-0.15, -0.1) is 5.10 Å². The van der Waals surface area contributed by atoms with Crippen molar-refractivity contribution in [2.24, 2.45) is 0 Å². The first-order chi connectivity index (χ1) is 9.33. The van der Waals surface area contributed by atoms with Crippen LogP contribution in [0.15, 0.2) is 29.4 Å². The van der Waals surface area contributed by atoms with Crippen LogP contribution in [0.25, 0.3) is 5.69 Å². The van der Waals surface area contributed by atoms with Crippen LogP contribution in [0.1, 0.15) is 12.8 Å². The van der Waals surface area contributed by atoms with Crippen molar-refractivity contribution in [3.05, 3.63) is 24.3 Å². The SMILES string of the molecule is Oc1ccc(-n2nnnc2SCC2CCCN2)cc1. The zero-order valence-electron chi connectivity index (χ0n) is 10.4. The lowest BCUT2D eigenvalue weighted by molar-refractivity contribution is 0.475. The standard InChI is InChI=1S/C12H15N5OS/c18-11-5-3-10(4-6-11)17-12(14-15-16-17)19-8-9-2-1-7-13-9/h3-6,9,13,18H,1-2,7-8H2. The minimum absolute atomic E-state index is 0.237. The van der Waals surface area contributed by atoms with E-state index in [0.717, 1.165) is 23.1 Å². The zero-order chi connectivity index (χ0) is 13.1. The van der Waals surface area contributed by atoms with Crippen molar-refractivity contribution in [1.82, 2.24) is 25.5 Å². The molecule has 1 aromatic heterocycles. The van der Waals surface area contributed by atoms with Crippen LogP contribution < -0.4 is 5.32 Å². The van der Waals surface area contributed by atoms with E-state index in [-0.39, 0.29) is 5.75 Å². The molecule has 7 heteroatoms. The summed E-state index contributed by atoms with van der Waals surface area (Å²) in [5.41, 5.74) is 0.852. The van der Waals surface area contributed by atoms with Crippen LogP contribution in [0.2, 0.25) is 0 Å². The summed E-state index contributed by atoms with van der Waals surface area (Å²) < 4.78 is 1.69. The average molecular weight is 277 g/mol. The first-order valence-corrected chi connectivity index (χ1v) is 7.25. The van der Waals surface area contributed by atoms with Gasteiger partial charge in [0.1, 0.15) is 5.75 Å². The van der Waals surface area contributed by atoms with Gasteiger partial charge in [0.2, 0.25) is 5.16 Å². The van der Waals surface area contributed by atoms with Crippen molar-refractivity contribution in [2.45, 2.75) is 24.0 Å². The number of rotatable bonds is 4. The monoisotopic (exact) mass is 277 g/mol. The van der Waals surface area contributed by atoms with E-state index in [1.54, 1.807) is 40.7 Å². The van der Waals surface area contributed by atoms with Gasteiger partial charge in [0.15, 0.2) is 0 Å². The van der Waals surface area contributed by atoms with E-state index in [1.165, 1.54) is 12.8 Å². The molecule has 1 fully saturated rings. The summed E-state index contributed by atoms with van der Waals surface area (Å²) in [6.45, 7) is 1.11. The Labute approximate surface area is 115 Å². The molecule has 6 nitrogen and oxygen atoms in total. The Balaban J connectivity index is 1.72. The normalized spacial score (nSPS) is 18.8. The lowest BCUT2D eigenvalue weighted by Crippen LogP contribution is -2.23. The third kappa shape index (κ3) is 2.87. The maximum absolute atomic E-state index is 9.30. The van der Waals surface area contributed by atoms with Crippen molar-refractivity contribution in [2.75, 3.05) is 12.3 Å². The predicted molar refractivity (Wildman–Crippen MR) is 72.6 cm³/mol. The van der Waals surface area contributed by atoms with Gasteiger partial charge in [-0.3, -0.25) is 0 Å². The van der Waals surface area contributed by atoms with E-state index in [9.17, 15) is 5.11 Å². The van der Waals surface area contributed by atoms with Crippen LogP contribution in [-0.2, 0) is 0 Å². The summed E-state index contributed by atoms with van der Waals surface area (Å²) in [4.78, 5) is 0. The largest absolute Gasteiger partial charge is 0.508 e. The highest BCUT2D eigenvalue weighted by molar-refractivity contribution is 7.99. The number of nitrogens with zero attached hydrogens (tertiary/aromatic N) is 4. The number of aromatic hydroxyl groups is 1. The molecule has 0 aliphatic carbocycles. The maximum Gasteiger partial charge on any atom is 0.214 e. The van der Waals surface area contributed by atoms with E-state index < -0.39 is 0 Å². The van der Waals surface area contributed by atoms with Gasteiger partial charge >= 0.3 is 0 Å². The van der Waals surface area contributed by atoms with Gasteiger partial charge in [-0.05, 0) is 54.1 Å². The third-order valence-electron chi connectivity index (χ3n) is 3.11. The fraction of sp³-hybridized carbons (Fsp3) is 0.417. The molecular formula is C12H15N5OS. The summed E-state index contributed by atoms with van der Waals surface area (Å²) in [5, 5.41) is 25.3. The molecule has 1 aliphatic rings. The molecule has 3 rings (SSSR count). The fourth-order valence-electron chi connectivity index (χ4n) is 2.10. The van der Waals surface area contributed by atoms with Crippen molar-refractivity contribution in [1.29, 1.82) is 0 Å². The Morgan fingerprint density at radius 1 is 1.37 bits per heavy atom. The number of phenolic OH excluding ortho intramolecular Hbond substituents is 1. The molecule has 1 atom stereocenters. The van der Waals surface area contributed by atoms with E-state index in [4.69, 9.17) is 0 Å². The molecule has 2 aromatic rings. The van der Waals surface area contributed by atoms with Crippen molar-refractivity contribution in [3.8, 4) is 11.4 Å². The average Bonchev–Trinajstić information content (AvgIpc) is 3.08. The Kier molecular flexibility index (Phi) is 3.65. The van der Waals surface area contributed by atoms with E-state index >= 15 is 0 Å². The van der Waals surface area contributed by atoms with Crippen LogP contribution >= 0.6 is 11.8 Å². The lowest BCUT2D eigenvalue weighted by atomic mass is 10.3. The second-order valence-electron chi connectivity index (χ2n) is 4.49. The Morgan fingerprint density at radius 2 is 2.21 bits per heavy atom. The first-order valence-electron chi connectivity index (χ1n) is 6.27. The molecule has 0 bridgehead atoms. The fourth-order valence-corrected chi connectivity index (χ4v) is 3.09. The zero-order valence-corrected chi connectivity index (χ0v) is 11.2. The molecule has 1 saturated heterocycles. The molecule has 2 N–H and O–H groups in total. The molecule has 1 aliphatic heterocycles. The van der Waals surface area contributed by atoms with Gasteiger partial charge in [-0.25, -0.2) is 0 Å². The van der Waals surface area contributed by atoms with Crippen LogP contribution in [0, 0.1) is 0 Å². The van der Waals surface area contributed by atoms with Gasteiger partial charge in [0.05, 0.1) is 5.69 Å². The molecule has 19 heavy (non-hydrogen) atoms. The summed E-state index contributed by atoms with van der Waals surface area (Å²) in [6.07, 6.45) is 2.46. The summed E-state index contributed by atoms with van der Waals surface area (Å²) in [6, 6.07) is 7.40. The maximum atomic E-state index is 9.30. The number of phenols is 1. The number of aromatic nitrogens is 4. The highest BCUT2D eigenvalue weighted by atomic mass is 32.2. The molecule has 0 saturated carbocycles. The minimum atomic E-state index is 0.237. The van der Waals surface area contributed by atoms with Gasteiger partial charge < -0.3 is 10.4 Å². The molecule has 1 aromatic carbocycles. The van der Waals surface area contributed by atoms with Gasteiger partial charge in [-0.1, -0.05) is 11.8 Å². The number of benzene rings is 1. The van der Waals surface area contributed by atoms with Crippen molar-refractivity contribution < 1.29 is 5.11 Å². The van der Waals surface area contributed by atoms with Crippen LogP contribution in [0.5, 0.6) is 5.75 Å². The van der Waals surface area contributed by atoms with Gasteiger partial charge in [0.25, 0.3) is 0 Å². The number of thioether (sulfide) groups is 1. The predicted octanol–water partition coefficient (Wildman–Crippen LogP) is 1.21. The van der Waals surface area contributed by atoms with E-state index in [1.807, 2.05) is 0 Å². The molecule has 0 amide bonds. The number of hydrogen-bond acceptors (Lipinski definition) is 6. The highest BCUT2D eigenvalue weighted by Gasteiger charge is 2.16. The molecule has 0 radical (unpaired) electrons.